The van der Waals surface area contributed by atoms with E-state index < -0.39 is 128 Å². The van der Waals surface area contributed by atoms with Crippen LogP contribution in [-0.2, 0) is 55.8 Å². The van der Waals surface area contributed by atoms with Crippen LogP contribution in [0.3, 0.4) is 0 Å². The molecule has 0 spiro atoms. The van der Waals surface area contributed by atoms with E-state index in [1.165, 1.54) is 45.5 Å². The Kier molecular flexibility index (Phi) is 15.6. The molecule has 0 radical (unpaired) electrons. The van der Waals surface area contributed by atoms with Gasteiger partial charge in [-0.2, -0.15) is 111 Å². The third-order valence-corrected chi connectivity index (χ3v) is 16.4. The van der Waals surface area contributed by atoms with Crippen molar-refractivity contribution in [3.05, 3.63) is 230 Å². The van der Waals surface area contributed by atoms with Gasteiger partial charge in [-0.3, -0.25) is 4.98 Å². The molecule has 3 aromatic heterocycles. The lowest BCUT2D eigenvalue weighted by Gasteiger charge is -2.22. The number of rotatable bonds is 7. The van der Waals surface area contributed by atoms with Crippen molar-refractivity contribution in [1.29, 1.82) is 5.26 Å². The first kappa shape index (κ1) is 66.8. The fourth-order valence-electron chi connectivity index (χ4n) is 12.0. The van der Waals surface area contributed by atoms with E-state index in [1.54, 1.807) is 19.1 Å². The van der Waals surface area contributed by atoms with Crippen molar-refractivity contribution in [3.8, 4) is 62.1 Å². The topological polar surface area (TPSA) is 46.5 Å². The van der Waals surface area contributed by atoms with Crippen LogP contribution >= 0.6 is 0 Å². The van der Waals surface area contributed by atoms with Crippen molar-refractivity contribution < 1.29 is 105 Å². The highest BCUT2D eigenvalue weighted by atomic mass is 19.4. The van der Waals surface area contributed by atoms with E-state index in [0.717, 1.165) is 42.5 Å². The zero-order valence-corrected chi connectivity index (χ0v) is 48.4. The van der Waals surface area contributed by atoms with Crippen molar-refractivity contribution in [1.82, 2.24) is 14.1 Å². The van der Waals surface area contributed by atoms with Crippen LogP contribution in [0, 0.1) is 18.3 Å². The molecule has 0 saturated carbocycles. The summed E-state index contributed by atoms with van der Waals surface area (Å²) in [4.78, 5) is 4.64. The largest absolute Gasteiger partial charge is 0.416 e. The lowest BCUT2D eigenvalue weighted by molar-refractivity contribution is -0.144. The second-order valence-electron chi connectivity index (χ2n) is 22.7. The highest BCUT2D eigenvalue weighted by Crippen LogP contribution is 2.49. The smallest absolute Gasteiger partial charge is 0.312 e. The Labute approximate surface area is 529 Å². The van der Waals surface area contributed by atoms with Gasteiger partial charge >= 0.3 is 49.4 Å². The fraction of sp³-hybridized carbons (Fsp3) is 0.159. The number of hydrogen-bond acceptors (Lipinski definition) is 2. The Balaban J connectivity index is 1.19. The van der Waals surface area contributed by atoms with Gasteiger partial charge in [-0.15, -0.1) is 0 Å². The molecule has 28 heteroatoms. The molecule has 1 aliphatic carbocycles. The van der Waals surface area contributed by atoms with Gasteiger partial charge in [0.1, 0.15) is 11.6 Å². The number of aromatic nitrogens is 3. The maximum Gasteiger partial charge on any atom is 0.416 e. The maximum atomic E-state index is 14.4. The monoisotopic (exact) mass is 1370 g/mol. The second kappa shape index (κ2) is 22.7. The maximum absolute atomic E-state index is 14.4. The van der Waals surface area contributed by atoms with Crippen LogP contribution in [0.25, 0.3) is 100 Å². The van der Waals surface area contributed by atoms with Gasteiger partial charge in [-0.1, -0.05) is 24.3 Å². The number of aryl methyl sites for hydroxylation is 1. The van der Waals surface area contributed by atoms with E-state index in [1.807, 2.05) is 0 Å². The molecule has 0 atom stereocenters. The summed E-state index contributed by atoms with van der Waals surface area (Å²) in [6.07, 6.45) is -42.5. The molecular formula is C69H34F24N4. The van der Waals surface area contributed by atoms with Crippen LogP contribution in [0.2, 0.25) is 0 Å². The first-order chi connectivity index (χ1) is 44.9. The number of fused-ring (bicyclic) bond motifs is 6. The zero-order chi connectivity index (χ0) is 70.4. The first-order valence-corrected chi connectivity index (χ1v) is 28.1. The lowest BCUT2D eigenvalue weighted by Crippen LogP contribution is -2.12. The van der Waals surface area contributed by atoms with Crippen LogP contribution in [-0.4, -0.2) is 14.1 Å². The Morgan fingerprint density at radius 1 is 0.340 bits per heavy atom. The van der Waals surface area contributed by atoms with Gasteiger partial charge in [-0.05, 0) is 204 Å². The van der Waals surface area contributed by atoms with Crippen LogP contribution in [0.5, 0.6) is 0 Å². The number of alkyl halides is 24. The van der Waals surface area contributed by atoms with Crippen molar-refractivity contribution in [2.45, 2.75) is 69.2 Å². The normalized spacial score (nSPS) is 13.8. The molecule has 498 valence electrons. The molecule has 0 bridgehead atoms. The van der Waals surface area contributed by atoms with E-state index in [9.17, 15) is 111 Å². The third-order valence-electron chi connectivity index (χ3n) is 16.4. The summed E-state index contributed by atoms with van der Waals surface area (Å²) < 4.78 is 348. The van der Waals surface area contributed by atoms with Crippen molar-refractivity contribution >= 4 is 44.4 Å². The number of allylic oxidation sites excluding steroid dienone is 1. The summed E-state index contributed by atoms with van der Waals surface area (Å²) in [7, 11) is 0. The van der Waals surface area contributed by atoms with E-state index in [4.69, 9.17) is 0 Å². The Morgan fingerprint density at radius 2 is 0.670 bits per heavy atom. The van der Waals surface area contributed by atoms with Gasteiger partial charge in [0.25, 0.3) is 0 Å². The summed E-state index contributed by atoms with van der Waals surface area (Å²) >= 11 is 0. The predicted molar refractivity (Wildman–Crippen MR) is 309 cm³/mol. The Morgan fingerprint density at radius 3 is 1.01 bits per heavy atom. The van der Waals surface area contributed by atoms with Gasteiger partial charge < -0.3 is 9.13 Å². The quantitative estimate of drug-likeness (QED) is 0.149. The molecule has 0 N–H and O–H groups in total. The zero-order valence-electron chi connectivity index (χ0n) is 48.4. The molecule has 4 nitrogen and oxygen atoms in total. The molecule has 12 rings (SSSR count). The van der Waals surface area contributed by atoms with Gasteiger partial charge in [0, 0.05) is 38.7 Å². The van der Waals surface area contributed by atoms with Crippen molar-refractivity contribution in [2.75, 3.05) is 0 Å². The molecule has 3 heterocycles. The van der Waals surface area contributed by atoms with E-state index in [2.05, 4.69) is 11.1 Å². The number of pyridine rings is 1. The number of nitriles is 1. The molecule has 0 saturated heterocycles. The van der Waals surface area contributed by atoms with E-state index >= 15 is 0 Å². The van der Waals surface area contributed by atoms with Crippen LogP contribution in [0.1, 0.15) is 79.0 Å². The summed E-state index contributed by atoms with van der Waals surface area (Å²) in [5.74, 6) is 0. The van der Waals surface area contributed by atoms with Gasteiger partial charge in [0.05, 0.1) is 78.1 Å². The molecule has 8 aromatic carbocycles. The molecule has 11 aromatic rings. The minimum absolute atomic E-state index is 0.0544. The molecule has 1 aliphatic rings. The predicted octanol–water partition coefficient (Wildman–Crippen LogP) is 23.6. The van der Waals surface area contributed by atoms with Gasteiger partial charge in [-0.25, -0.2) is 0 Å². The van der Waals surface area contributed by atoms with Crippen LogP contribution in [0.15, 0.2) is 158 Å². The average Bonchev–Trinajstić information content (AvgIpc) is 1.63. The molecule has 0 aliphatic heterocycles. The summed E-state index contributed by atoms with van der Waals surface area (Å²) in [5, 5.41) is 11.2. The Hall–Kier alpha value is -10.2. The number of benzene rings is 8. The number of hydrogen-bond donors (Lipinski definition) is 0. The van der Waals surface area contributed by atoms with E-state index in [0.29, 0.717) is 54.2 Å². The minimum atomic E-state index is -5.37. The molecule has 0 fully saturated rings. The molecule has 0 unspecified atom stereocenters. The molecular weight excluding hydrogens is 1340 g/mol. The van der Waals surface area contributed by atoms with Crippen molar-refractivity contribution in [2.24, 2.45) is 0 Å². The average molecular weight is 1380 g/mol. The highest BCUT2D eigenvalue weighted by Gasteiger charge is 2.42. The summed E-state index contributed by atoms with van der Waals surface area (Å²) in [5.41, 5.74) is -18.3. The minimum Gasteiger partial charge on any atom is -0.312 e. The van der Waals surface area contributed by atoms with Gasteiger partial charge in [0.15, 0.2) is 0 Å². The SMILES string of the molecule is Cc1cccc(-c2cc(-n3c4c(c5cc(-c6cc(C(F)(F)F)cc(C(F)(F)F)c6)ccc53)C=C(c3cc(C(F)(F)F)cc(C(F)(F)F)c3)CC4)c(C#N)c(-n3c4ccc(-c5cc(C(F)(F)F)cc(C(F)(F)F)c5)cc4c4cc(-c5cc(C(F)(F)F)cc(C(F)(F)F)c5)ccc43)c2)n1. The summed E-state index contributed by atoms with van der Waals surface area (Å²) in [6.45, 7) is 1.57. The standard InChI is InChI=1S/C69H34F24N4/c1-32-3-2-4-55(95-32)41-25-60(96-56-9-5-33(37-13-42(62(70,71)72)27-43(14-37)63(73,74)75)21-50(56)51-22-34(6-10-57(51)96)38-15-44(64(76,77)78)28-45(16-38)65(79,80)81)54(31-94)61(26-41)97-58-11-7-35(39-17-46(66(82,83)84)29-47(18-39)67(85,86)87)23-52(58)53-24-36(8-12-59(53)97)40-19-48(68(88,89)90)30-49(20-40)69(91,92)93/h2-7,9-11,13-30H,8,12H2,1H3. The van der Waals surface area contributed by atoms with Crippen LogP contribution < -0.4 is 0 Å². The Bertz CT molecular complexity index is 4870. The lowest BCUT2D eigenvalue weighted by atomic mass is 9.89. The highest BCUT2D eigenvalue weighted by molar-refractivity contribution is 6.12. The number of nitrogens with zero attached hydrogens (tertiary/aromatic N) is 4. The fourth-order valence-corrected chi connectivity index (χ4v) is 12.0. The first-order valence-electron chi connectivity index (χ1n) is 28.1. The van der Waals surface area contributed by atoms with Crippen molar-refractivity contribution in [3.63, 3.8) is 0 Å². The summed E-state index contributed by atoms with van der Waals surface area (Å²) in [6, 6.07) is 22.3. The second-order valence-corrected chi connectivity index (χ2v) is 22.7. The van der Waals surface area contributed by atoms with E-state index in [-0.39, 0.29) is 120 Å². The number of halogens is 24. The van der Waals surface area contributed by atoms with Gasteiger partial charge in [0.2, 0.25) is 0 Å². The molecule has 97 heavy (non-hydrogen) atoms. The third kappa shape index (κ3) is 12.7. The molecule has 0 amide bonds. The van der Waals surface area contributed by atoms with Crippen LogP contribution in [0.4, 0.5) is 105 Å².